The van der Waals surface area contributed by atoms with E-state index in [4.69, 9.17) is 0 Å². The van der Waals surface area contributed by atoms with Crippen molar-refractivity contribution in [2.24, 2.45) is 0 Å². The van der Waals surface area contributed by atoms with E-state index in [0.717, 1.165) is 37.5 Å². The van der Waals surface area contributed by atoms with Crippen LogP contribution in [-0.2, 0) is 10.0 Å². The maximum absolute atomic E-state index is 13.7. The van der Waals surface area contributed by atoms with E-state index in [-0.39, 0.29) is 17.0 Å². The second-order valence-electron chi connectivity index (χ2n) is 5.33. The fraction of sp³-hybridized carbons (Fsp3) is 0.538. The topological polar surface area (TPSA) is 80.5 Å². The predicted molar refractivity (Wildman–Crippen MR) is 74.9 cm³/mol. The highest BCUT2D eigenvalue weighted by Gasteiger charge is 2.36. The van der Waals surface area contributed by atoms with Gasteiger partial charge in [0.1, 0.15) is 0 Å². The molecule has 1 aromatic rings. The summed E-state index contributed by atoms with van der Waals surface area (Å²) < 4.78 is 40.3. The number of sulfonamides is 1. The number of rotatable bonds is 3. The number of halogens is 1. The molecule has 0 saturated carbocycles. The van der Waals surface area contributed by atoms with Gasteiger partial charge in [-0.25, -0.2) is 8.42 Å². The van der Waals surface area contributed by atoms with E-state index in [9.17, 15) is 22.9 Å². The summed E-state index contributed by atoms with van der Waals surface area (Å²) in [5.74, 6) is -1.14. The predicted octanol–water partition coefficient (Wildman–Crippen LogP) is 2.69. The first kappa shape index (κ1) is 15.8. The minimum Gasteiger partial charge on any atom is -0.258 e. The lowest BCUT2D eigenvalue weighted by Crippen LogP contribution is -2.47. The Bertz CT molecular complexity index is 652. The number of hydrogen-bond donors (Lipinski definition) is 0. The van der Waals surface area contributed by atoms with Crippen LogP contribution in [0.5, 0.6) is 0 Å². The molecule has 0 amide bonds. The molecule has 1 aliphatic rings. The van der Waals surface area contributed by atoms with Crippen molar-refractivity contribution in [1.29, 1.82) is 0 Å². The Morgan fingerprint density at radius 1 is 1.29 bits per heavy atom. The summed E-state index contributed by atoms with van der Waals surface area (Å²) in [5.41, 5.74) is -0.728. The number of hydrogen-bond acceptors (Lipinski definition) is 4. The lowest BCUT2D eigenvalue weighted by atomic mass is 10.0. The van der Waals surface area contributed by atoms with Crippen LogP contribution >= 0.6 is 0 Å². The summed E-state index contributed by atoms with van der Waals surface area (Å²) in [4.78, 5) is 9.47. The van der Waals surface area contributed by atoms with Crippen LogP contribution in [0, 0.1) is 15.9 Å². The average Bonchev–Trinajstić information content (AvgIpc) is 2.37. The molecule has 0 aromatic heterocycles. The summed E-state index contributed by atoms with van der Waals surface area (Å²) in [7, 11) is -3.85. The molecule has 116 valence electrons. The van der Waals surface area contributed by atoms with E-state index >= 15 is 0 Å². The zero-order valence-electron chi connectivity index (χ0n) is 11.8. The molecule has 6 nitrogen and oxygen atoms in total. The standard InChI is InChI=1S/C13H17FN2O4S/c1-9-4-3-5-10(2)15(9)21(19,20)11-6-7-13(16(17)18)12(14)8-11/h6-10H,3-5H2,1-2H3/t9-,10+. The molecular formula is C13H17FN2O4S. The highest BCUT2D eigenvalue weighted by molar-refractivity contribution is 7.89. The van der Waals surface area contributed by atoms with E-state index in [1.165, 1.54) is 4.31 Å². The first-order valence-electron chi connectivity index (χ1n) is 6.72. The normalized spacial score (nSPS) is 24.0. The van der Waals surface area contributed by atoms with Crippen LogP contribution in [0.15, 0.2) is 23.1 Å². The Balaban J connectivity index is 2.44. The van der Waals surface area contributed by atoms with E-state index in [1.807, 2.05) is 13.8 Å². The third-order valence-corrected chi connectivity index (χ3v) is 5.93. The van der Waals surface area contributed by atoms with Gasteiger partial charge >= 0.3 is 5.69 Å². The summed E-state index contributed by atoms with van der Waals surface area (Å²) in [6.07, 6.45) is 2.45. The maximum atomic E-state index is 13.7. The van der Waals surface area contributed by atoms with E-state index < -0.39 is 26.5 Å². The van der Waals surface area contributed by atoms with Crippen molar-refractivity contribution in [1.82, 2.24) is 4.31 Å². The monoisotopic (exact) mass is 316 g/mol. The van der Waals surface area contributed by atoms with Gasteiger partial charge in [0.05, 0.1) is 9.82 Å². The van der Waals surface area contributed by atoms with Crippen molar-refractivity contribution in [2.45, 2.75) is 50.1 Å². The zero-order valence-corrected chi connectivity index (χ0v) is 12.6. The molecule has 2 atom stereocenters. The average molecular weight is 316 g/mol. The van der Waals surface area contributed by atoms with Gasteiger partial charge in [-0.2, -0.15) is 8.70 Å². The molecule has 1 heterocycles. The Labute approximate surface area is 122 Å². The fourth-order valence-electron chi connectivity index (χ4n) is 2.79. The van der Waals surface area contributed by atoms with Gasteiger partial charge in [-0.15, -0.1) is 0 Å². The van der Waals surface area contributed by atoms with Crippen molar-refractivity contribution in [3.8, 4) is 0 Å². The van der Waals surface area contributed by atoms with Gasteiger partial charge in [0.2, 0.25) is 15.8 Å². The summed E-state index contributed by atoms with van der Waals surface area (Å²) in [6.45, 7) is 3.63. The molecule has 2 rings (SSSR count). The van der Waals surface area contributed by atoms with Crippen LogP contribution < -0.4 is 0 Å². The summed E-state index contributed by atoms with van der Waals surface area (Å²) in [5, 5.41) is 10.6. The smallest absolute Gasteiger partial charge is 0.258 e. The number of piperidine rings is 1. The largest absolute Gasteiger partial charge is 0.304 e. The molecule has 0 radical (unpaired) electrons. The van der Waals surface area contributed by atoms with Crippen LogP contribution in [0.2, 0.25) is 0 Å². The number of nitrogens with zero attached hydrogens (tertiary/aromatic N) is 2. The van der Waals surface area contributed by atoms with Crippen molar-refractivity contribution < 1.29 is 17.7 Å². The van der Waals surface area contributed by atoms with Crippen molar-refractivity contribution in [3.63, 3.8) is 0 Å². The molecule has 0 spiro atoms. The van der Waals surface area contributed by atoms with Crippen LogP contribution in [0.25, 0.3) is 0 Å². The Hall–Kier alpha value is -1.54. The Kier molecular flexibility index (Phi) is 4.29. The molecule has 0 unspecified atom stereocenters. The van der Waals surface area contributed by atoms with Crippen molar-refractivity contribution >= 4 is 15.7 Å². The second-order valence-corrected chi connectivity index (χ2v) is 7.18. The molecule has 0 aliphatic carbocycles. The van der Waals surface area contributed by atoms with Crippen molar-refractivity contribution in [2.75, 3.05) is 0 Å². The van der Waals surface area contributed by atoms with E-state index in [2.05, 4.69) is 0 Å². The molecule has 1 fully saturated rings. The lowest BCUT2D eigenvalue weighted by molar-refractivity contribution is -0.387. The van der Waals surface area contributed by atoms with Gasteiger partial charge < -0.3 is 0 Å². The molecule has 21 heavy (non-hydrogen) atoms. The summed E-state index contributed by atoms with van der Waals surface area (Å²) in [6, 6.07) is 2.36. The second kappa shape index (κ2) is 5.69. The van der Waals surface area contributed by atoms with Crippen LogP contribution in [-0.4, -0.2) is 29.7 Å². The zero-order chi connectivity index (χ0) is 15.8. The summed E-state index contributed by atoms with van der Waals surface area (Å²) >= 11 is 0. The van der Waals surface area contributed by atoms with Gasteiger partial charge in [0.15, 0.2) is 0 Å². The van der Waals surface area contributed by atoms with Crippen LogP contribution in [0.3, 0.4) is 0 Å². The maximum Gasteiger partial charge on any atom is 0.304 e. The van der Waals surface area contributed by atoms with Crippen LogP contribution in [0.1, 0.15) is 33.1 Å². The first-order valence-corrected chi connectivity index (χ1v) is 8.16. The molecule has 0 N–H and O–H groups in total. The van der Waals surface area contributed by atoms with Crippen LogP contribution in [0.4, 0.5) is 10.1 Å². The highest BCUT2D eigenvalue weighted by atomic mass is 32.2. The Morgan fingerprint density at radius 2 is 1.86 bits per heavy atom. The van der Waals surface area contributed by atoms with Gasteiger partial charge in [0.25, 0.3) is 0 Å². The highest BCUT2D eigenvalue weighted by Crippen LogP contribution is 2.31. The molecule has 1 aromatic carbocycles. The minimum absolute atomic E-state index is 0.169. The third kappa shape index (κ3) is 2.91. The minimum atomic E-state index is -3.85. The lowest BCUT2D eigenvalue weighted by Gasteiger charge is -2.37. The quantitative estimate of drug-likeness (QED) is 0.634. The first-order chi connectivity index (χ1) is 9.75. The SMILES string of the molecule is C[C@@H]1CCC[C@H](C)N1S(=O)(=O)c1ccc([N+](=O)[O-])c(F)c1. The molecular weight excluding hydrogens is 299 g/mol. The van der Waals surface area contributed by atoms with Gasteiger partial charge in [-0.1, -0.05) is 6.42 Å². The van der Waals surface area contributed by atoms with Crippen molar-refractivity contribution in [3.05, 3.63) is 34.1 Å². The number of benzene rings is 1. The van der Waals surface area contributed by atoms with Gasteiger partial charge in [-0.05, 0) is 32.8 Å². The molecule has 8 heteroatoms. The Morgan fingerprint density at radius 3 is 2.33 bits per heavy atom. The van der Waals surface area contributed by atoms with Gasteiger partial charge in [0, 0.05) is 24.2 Å². The molecule has 0 bridgehead atoms. The number of nitro groups is 1. The molecule has 1 saturated heterocycles. The van der Waals surface area contributed by atoms with E-state index in [1.54, 1.807) is 0 Å². The van der Waals surface area contributed by atoms with E-state index in [0.29, 0.717) is 0 Å². The number of nitro benzene ring substituents is 1. The fourth-order valence-corrected chi connectivity index (χ4v) is 4.68. The molecule has 1 aliphatic heterocycles. The van der Waals surface area contributed by atoms with Gasteiger partial charge in [-0.3, -0.25) is 10.1 Å². The third-order valence-electron chi connectivity index (χ3n) is 3.80.